The molecular weight excluding hydrogens is 268 g/mol. The van der Waals surface area contributed by atoms with Gasteiger partial charge in [0.15, 0.2) is 0 Å². The van der Waals surface area contributed by atoms with Crippen molar-refractivity contribution in [2.45, 2.75) is 46.1 Å². The zero-order valence-corrected chi connectivity index (χ0v) is 13.7. The summed E-state index contributed by atoms with van der Waals surface area (Å²) in [5.74, 6) is 0.268. The molecule has 1 unspecified atom stereocenters. The number of amides is 3. The lowest BCUT2D eigenvalue weighted by molar-refractivity contribution is -0.127. The van der Waals surface area contributed by atoms with Crippen molar-refractivity contribution in [3.8, 4) is 0 Å². The number of hydrogen-bond donors (Lipinski definition) is 3. The minimum Gasteiger partial charge on any atom is -0.350 e. The average Bonchev–Trinajstić information content (AvgIpc) is 2.44. The maximum atomic E-state index is 12.3. The molecule has 0 aliphatic carbocycles. The fraction of sp³-hybridized carbons (Fsp3) is 0.867. The zero-order chi connectivity index (χ0) is 16.0. The third-order valence-corrected chi connectivity index (χ3v) is 3.71. The first-order chi connectivity index (χ1) is 9.75. The third kappa shape index (κ3) is 5.91. The maximum absolute atomic E-state index is 12.3. The van der Waals surface area contributed by atoms with Crippen LogP contribution in [0.2, 0.25) is 0 Å². The largest absolute Gasteiger partial charge is 0.350 e. The Hall–Kier alpha value is -1.30. The smallest absolute Gasteiger partial charge is 0.317 e. The molecule has 1 saturated heterocycles. The van der Waals surface area contributed by atoms with E-state index in [1.54, 1.807) is 4.90 Å². The average molecular weight is 298 g/mol. The first kappa shape index (κ1) is 17.8. The predicted molar refractivity (Wildman–Crippen MR) is 83.8 cm³/mol. The van der Waals surface area contributed by atoms with Gasteiger partial charge >= 0.3 is 6.03 Å². The Kier molecular flexibility index (Phi) is 6.45. The van der Waals surface area contributed by atoms with E-state index in [-0.39, 0.29) is 17.9 Å². The van der Waals surface area contributed by atoms with E-state index in [0.29, 0.717) is 32.1 Å². The Bertz CT molecular complexity index is 369. The van der Waals surface area contributed by atoms with Gasteiger partial charge < -0.3 is 21.3 Å². The zero-order valence-electron chi connectivity index (χ0n) is 13.7. The van der Waals surface area contributed by atoms with Crippen LogP contribution in [0.4, 0.5) is 4.79 Å². The second-order valence-corrected chi connectivity index (χ2v) is 6.94. The highest BCUT2D eigenvalue weighted by atomic mass is 16.2. The van der Waals surface area contributed by atoms with Crippen LogP contribution in [0.25, 0.3) is 0 Å². The van der Waals surface area contributed by atoms with Crippen molar-refractivity contribution in [3.05, 3.63) is 0 Å². The molecule has 6 heteroatoms. The monoisotopic (exact) mass is 298 g/mol. The summed E-state index contributed by atoms with van der Waals surface area (Å²) in [7, 11) is 0. The van der Waals surface area contributed by atoms with Gasteiger partial charge in [0.05, 0.1) is 5.92 Å². The Balaban J connectivity index is 2.51. The molecular formula is C15H30N4O2. The van der Waals surface area contributed by atoms with Gasteiger partial charge in [-0.3, -0.25) is 4.79 Å². The molecule has 1 aliphatic rings. The van der Waals surface area contributed by atoms with Gasteiger partial charge in [0.2, 0.25) is 5.91 Å². The van der Waals surface area contributed by atoms with Crippen molar-refractivity contribution >= 4 is 11.9 Å². The molecule has 0 aromatic carbocycles. The molecule has 0 bridgehead atoms. The van der Waals surface area contributed by atoms with E-state index in [1.165, 1.54) is 0 Å². The van der Waals surface area contributed by atoms with Crippen molar-refractivity contribution in [2.24, 2.45) is 17.6 Å². The van der Waals surface area contributed by atoms with Gasteiger partial charge in [-0.2, -0.15) is 0 Å². The normalized spacial score (nSPS) is 19.5. The lowest BCUT2D eigenvalue weighted by Crippen LogP contribution is -2.54. The van der Waals surface area contributed by atoms with E-state index in [9.17, 15) is 9.59 Å². The highest BCUT2D eigenvalue weighted by Crippen LogP contribution is 2.17. The van der Waals surface area contributed by atoms with Gasteiger partial charge in [-0.1, -0.05) is 13.8 Å². The predicted octanol–water partition coefficient (Wildman–Crippen LogP) is 0.918. The number of likely N-dealkylation sites (tertiary alicyclic amines) is 1. The molecule has 122 valence electrons. The minimum atomic E-state index is -0.404. The molecule has 1 rings (SSSR count). The van der Waals surface area contributed by atoms with Crippen LogP contribution in [0.3, 0.4) is 0 Å². The number of rotatable bonds is 5. The van der Waals surface area contributed by atoms with Gasteiger partial charge in [0.25, 0.3) is 0 Å². The Labute approximate surface area is 127 Å². The first-order valence-corrected chi connectivity index (χ1v) is 7.80. The standard InChI is InChI=1S/C15H30N4O2/c1-11(2)8-17-14(21)19-7-5-6-12(9-19)13(20)18-15(3,4)10-16/h11-12H,5-10,16H2,1-4H3,(H,17,21)(H,18,20). The second kappa shape index (κ2) is 7.64. The molecule has 1 aliphatic heterocycles. The first-order valence-electron chi connectivity index (χ1n) is 7.80. The molecule has 0 aromatic rings. The van der Waals surface area contributed by atoms with Crippen LogP contribution in [0.5, 0.6) is 0 Å². The summed E-state index contributed by atoms with van der Waals surface area (Å²) in [6.45, 7) is 10.2. The topological polar surface area (TPSA) is 87.5 Å². The van der Waals surface area contributed by atoms with Crippen molar-refractivity contribution in [1.29, 1.82) is 0 Å². The van der Waals surface area contributed by atoms with Gasteiger partial charge in [-0.05, 0) is 32.6 Å². The van der Waals surface area contributed by atoms with Crippen LogP contribution < -0.4 is 16.4 Å². The lowest BCUT2D eigenvalue weighted by atomic mass is 9.95. The third-order valence-electron chi connectivity index (χ3n) is 3.71. The minimum absolute atomic E-state index is 0.00758. The molecule has 0 spiro atoms. The van der Waals surface area contributed by atoms with Crippen LogP contribution in [0, 0.1) is 11.8 Å². The van der Waals surface area contributed by atoms with Gasteiger partial charge in [0.1, 0.15) is 0 Å². The van der Waals surface area contributed by atoms with Gasteiger partial charge in [-0.25, -0.2) is 4.79 Å². The molecule has 0 aromatic heterocycles. The van der Waals surface area contributed by atoms with Gasteiger partial charge in [-0.15, -0.1) is 0 Å². The molecule has 1 heterocycles. The summed E-state index contributed by atoms with van der Waals surface area (Å²) < 4.78 is 0. The molecule has 1 fully saturated rings. The number of piperidine rings is 1. The highest BCUT2D eigenvalue weighted by molar-refractivity contribution is 5.81. The molecule has 1 atom stereocenters. The van der Waals surface area contributed by atoms with E-state index in [4.69, 9.17) is 5.73 Å². The Morgan fingerprint density at radius 2 is 2.05 bits per heavy atom. The van der Waals surface area contributed by atoms with Crippen LogP contribution in [-0.2, 0) is 4.79 Å². The van der Waals surface area contributed by atoms with E-state index < -0.39 is 5.54 Å². The van der Waals surface area contributed by atoms with Crippen LogP contribution in [-0.4, -0.2) is 48.6 Å². The number of hydrogen-bond acceptors (Lipinski definition) is 3. The SMILES string of the molecule is CC(C)CNC(=O)N1CCCC(C(=O)NC(C)(C)CN)C1. The summed E-state index contributed by atoms with van der Waals surface area (Å²) in [4.78, 5) is 26.1. The molecule has 0 radical (unpaired) electrons. The molecule has 4 N–H and O–H groups in total. The fourth-order valence-electron chi connectivity index (χ4n) is 2.27. The van der Waals surface area contributed by atoms with Crippen molar-refractivity contribution in [3.63, 3.8) is 0 Å². The van der Waals surface area contributed by atoms with E-state index in [1.807, 2.05) is 13.8 Å². The number of nitrogens with two attached hydrogens (primary N) is 1. The van der Waals surface area contributed by atoms with E-state index >= 15 is 0 Å². The van der Waals surface area contributed by atoms with Crippen LogP contribution >= 0.6 is 0 Å². The highest BCUT2D eigenvalue weighted by Gasteiger charge is 2.30. The number of carbonyl (C=O) groups is 2. The van der Waals surface area contributed by atoms with E-state index in [2.05, 4.69) is 24.5 Å². The van der Waals surface area contributed by atoms with Crippen molar-refractivity contribution < 1.29 is 9.59 Å². The molecule has 6 nitrogen and oxygen atoms in total. The Morgan fingerprint density at radius 1 is 1.38 bits per heavy atom. The lowest BCUT2D eigenvalue weighted by Gasteiger charge is -2.34. The number of nitrogens with zero attached hydrogens (tertiary/aromatic N) is 1. The van der Waals surface area contributed by atoms with Crippen LogP contribution in [0.15, 0.2) is 0 Å². The number of carbonyl (C=O) groups excluding carboxylic acids is 2. The van der Waals surface area contributed by atoms with Gasteiger partial charge in [0, 0.05) is 31.7 Å². The van der Waals surface area contributed by atoms with Crippen molar-refractivity contribution in [1.82, 2.24) is 15.5 Å². The summed E-state index contributed by atoms with van der Waals surface area (Å²) in [6, 6.07) is -0.0701. The maximum Gasteiger partial charge on any atom is 0.317 e. The fourth-order valence-corrected chi connectivity index (χ4v) is 2.27. The summed E-state index contributed by atoms with van der Waals surface area (Å²) in [5, 5.41) is 5.87. The Morgan fingerprint density at radius 3 is 2.62 bits per heavy atom. The van der Waals surface area contributed by atoms with Crippen molar-refractivity contribution in [2.75, 3.05) is 26.2 Å². The number of nitrogens with one attached hydrogen (secondary N) is 2. The summed E-state index contributed by atoms with van der Waals surface area (Å²) in [5.41, 5.74) is 5.23. The summed E-state index contributed by atoms with van der Waals surface area (Å²) in [6.07, 6.45) is 1.68. The molecule has 3 amide bonds. The molecule has 21 heavy (non-hydrogen) atoms. The molecule has 0 saturated carbocycles. The quantitative estimate of drug-likeness (QED) is 0.705. The summed E-state index contributed by atoms with van der Waals surface area (Å²) >= 11 is 0. The number of urea groups is 1. The second-order valence-electron chi connectivity index (χ2n) is 6.94. The van der Waals surface area contributed by atoms with Crippen LogP contribution in [0.1, 0.15) is 40.5 Å². The van der Waals surface area contributed by atoms with E-state index in [0.717, 1.165) is 12.8 Å².